The summed E-state index contributed by atoms with van der Waals surface area (Å²) in [7, 11) is -3.50. The maximum atomic E-state index is 11.8. The Bertz CT molecular complexity index is 307. The summed E-state index contributed by atoms with van der Waals surface area (Å²) >= 11 is 0. The van der Waals surface area contributed by atoms with Crippen LogP contribution in [0.5, 0.6) is 0 Å². The van der Waals surface area contributed by atoms with Crippen LogP contribution in [0.1, 0.15) is 20.8 Å². The summed E-state index contributed by atoms with van der Waals surface area (Å²) in [6.07, 6.45) is -0.899. The Kier molecular flexibility index (Phi) is 4.69. The minimum atomic E-state index is -3.50. The molecule has 1 saturated heterocycles. The number of nitrogens with one attached hydrogen (secondary N) is 1. The normalized spacial score (nSPS) is 30.2. The SMILES string of the molecule is CC1CN(S(=O)(=O)NC[C@H](C)O)CC(C)O1. The Morgan fingerprint density at radius 1 is 1.44 bits per heavy atom. The molecule has 96 valence electrons. The number of rotatable bonds is 4. The van der Waals surface area contributed by atoms with E-state index in [1.807, 2.05) is 13.8 Å². The molecule has 0 amide bonds. The maximum Gasteiger partial charge on any atom is 0.279 e. The van der Waals surface area contributed by atoms with Gasteiger partial charge in [-0.25, -0.2) is 0 Å². The van der Waals surface area contributed by atoms with Gasteiger partial charge in [-0.3, -0.25) is 0 Å². The van der Waals surface area contributed by atoms with Gasteiger partial charge in [-0.2, -0.15) is 17.4 Å². The number of hydrogen-bond acceptors (Lipinski definition) is 4. The van der Waals surface area contributed by atoms with Gasteiger partial charge in [0.1, 0.15) is 0 Å². The molecule has 2 N–H and O–H groups in total. The van der Waals surface area contributed by atoms with E-state index in [9.17, 15) is 8.42 Å². The van der Waals surface area contributed by atoms with Gasteiger partial charge in [0, 0.05) is 19.6 Å². The van der Waals surface area contributed by atoms with Gasteiger partial charge in [-0.1, -0.05) is 0 Å². The Morgan fingerprint density at radius 2 is 1.94 bits per heavy atom. The Balaban J connectivity index is 2.60. The summed E-state index contributed by atoms with van der Waals surface area (Å²) < 4.78 is 32.8. The Hall–Kier alpha value is -0.210. The quantitative estimate of drug-likeness (QED) is 0.694. The van der Waals surface area contributed by atoms with Crippen molar-refractivity contribution in [1.29, 1.82) is 0 Å². The minimum absolute atomic E-state index is 0.0302. The van der Waals surface area contributed by atoms with Crippen LogP contribution in [0.4, 0.5) is 0 Å². The van der Waals surface area contributed by atoms with Gasteiger partial charge in [0.2, 0.25) is 0 Å². The molecule has 3 atom stereocenters. The first-order valence-electron chi connectivity index (χ1n) is 5.39. The predicted octanol–water partition coefficient (Wildman–Crippen LogP) is -0.689. The van der Waals surface area contributed by atoms with Crippen LogP contribution < -0.4 is 4.72 Å². The highest BCUT2D eigenvalue weighted by molar-refractivity contribution is 7.87. The van der Waals surface area contributed by atoms with Crippen molar-refractivity contribution in [2.75, 3.05) is 19.6 Å². The lowest BCUT2D eigenvalue weighted by molar-refractivity contribution is -0.0444. The minimum Gasteiger partial charge on any atom is -0.392 e. The van der Waals surface area contributed by atoms with Crippen molar-refractivity contribution in [3.05, 3.63) is 0 Å². The fraction of sp³-hybridized carbons (Fsp3) is 1.00. The second-order valence-electron chi connectivity index (χ2n) is 4.28. The van der Waals surface area contributed by atoms with Crippen molar-refractivity contribution in [3.63, 3.8) is 0 Å². The smallest absolute Gasteiger partial charge is 0.279 e. The Labute approximate surface area is 96.8 Å². The predicted molar refractivity (Wildman–Crippen MR) is 60.2 cm³/mol. The van der Waals surface area contributed by atoms with E-state index in [0.29, 0.717) is 13.1 Å². The molecule has 0 spiro atoms. The largest absolute Gasteiger partial charge is 0.392 e. The van der Waals surface area contributed by atoms with Crippen molar-refractivity contribution >= 4 is 10.2 Å². The maximum absolute atomic E-state index is 11.8. The summed E-state index contributed by atoms with van der Waals surface area (Å²) in [5.74, 6) is 0. The molecule has 1 heterocycles. The highest BCUT2D eigenvalue weighted by atomic mass is 32.2. The average Bonchev–Trinajstić information content (AvgIpc) is 2.13. The van der Waals surface area contributed by atoms with E-state index in [1.54, 1.807) is 0 Å². The molecule has 6 nitrogen and oxygen atoms in total. The van der Waals surface area contributed by atoms with E-state index in [2.05, 4.69) is 4.72 Å². The molecule has 0 aliphatic carbocycles. The summed E-state index contributed by atoms with van der Waals surface area (Å²) in [6, 6.07) is 0. The first-order valence-corrected chi connectivity index (χ1v) is 6.83. The third-order valence-electron chi connectivity index (χ3n) is 2.29. The first kappa shape index (κ1) is 13.9. The van der Waals surface area contributed by atoms with Gasteiger partial charge in [-0.05, 0) is 20.8 Å². The lowest BCUT2D eigenvalue weighted by Gasteiger charge is -2.34. The molecule has 0 aromatic rings. The van der Waals surface area contributed by atoms with Gasteiger partial charge < -0.3 is 9.84 Å². The third kappa shape index (κ3) is 3.99. The van der Waals surface area contributed by atoms with Crippen molar-refractivity contribution < 1.29 is 18.3 Å². The average molecular weight is 252 g/mol. The van der Waals surface area contributed by atoms with E-state index in [-0.39, 0.29) is 18.8 Å². The molecule has 16 heavy (non-hydrogen) atoms. The summed E-state index contributed by atoms with van der Waals surface area (Å²) in [5.41, 5.74) is 0. The number of aliphatic hydroxyl groups excluding tert-OH is 1. The van der Waals surface area contributed by atoms with Gasteiger partial charge in [0.05, 0.1) is 18.3 Å². The van der Waals surface area contributed by atoms with Crippen LogP contribution in [0.3, 0.4) is 0 Å². The molecule has 0 aromatic carbocycles. The number of aliphatic hydroxyl groups is 1. The molecule has 1 fully saturated rings. The van der Waals surface area contributed by atoms with Crippen LogP contribution >= 0.6 is 0 Å². The summed E-state index contributed by atoms with van der Waals surface area (Å²) in [6.45, 7) is 5.94. The Morgan fingerprint density at radius 3 is 2.38 bits per heavy atom. The van der Waals surface area contributed by atoms with E-state index < -0.39 is 16.3 Å². The van der Waals surface area contributed by atoms with E-state index >= 15 is 0 Å². The lowest BCUT2D eigenvalue weighted by Crippen LogP contribution is -2.52. The summed E-state index contributed by atoms with van der Waals surface area (Å²) in [5, 5.41) is 9.05. The fourth-order valence-electron chi connectivity index (χ4n) is 1.64. The van der Waals surface area contributed by atoms with Crippen LogP contribution in [0.2, 0.25) is 0 Å². The zero-order chi connectivity index (χ0) is 12.3. The van der Waals surface area contributed by atoms with Crippen molar-refractivity contribution in [2.24, 2.45) is 0 Å². The third-order valence-corrected chi connectivity index (χ3v) is 3.80. The standard InChI is InChI=1S/C9H20N2O4S/c1-7(12)4-10-16(13,14)11-5-8(2)15-9(3)6-11/h7-10,12H,4-6H2,1-3H3/t7-,8?,9?/m0/s1. The first-order chi connectivity index (χ1) is 7.31. The zero-order valence-corrected chi connectivity index (χ0v) is 10.7. The number of hydrogen-bond donors (Lipinski definition) is 2. The zero-order valence-electron chi connectivity index (χ0n) is 9.88. The van der Waals surface area contributed by atoms with E-state index in [1.165, 1.54) is 11.2 Å². The molecule has 0 aromatic heterocycles. The second kappa shape index (κ2) is 5.42. The lowest BCUT2D eigenvalue weighted by atomic mass is 10.3. The van der Waals surface area contributed by atoms with Crippen molar-refractivity contribution in [1.82, 2.24) is 9.03 Å². The molecule has 1 aliphatic rings. The molecular weight excluding hydrogens is 232 g/mol. The van der Waals surface area contributed by atoms with Gasteiger partial charge in [-0.15, -0.1) is 0 Å². The van der Waals surface area contributed by atoms with Gasteiger partial charge in [0.25, 0.3) is 10.2 Å². The second-order valence-corrected chi connectivity index (χ2v) is 6.03. The molecule has 0 radical (unpaired) electrons. The summed E-state index contributed by atoms with van der Waals surface area (Å²) in [4.78, 5) is 0. The molecule has 2 unspecified atom stereocenters. The van der Waals surface area contributed by atoms with Crippen LogP contribution in [0.25, 0.3) is 0 Å². The molecule has 0 bridgehead atoms. The molecule has 7 heteroatoms. The number of morpholine rings is 1. The topological polar surface area (TPSA) is 78.9 Å². The van der Waals surface area contributed by atoms with Crippen LogP contribution in [0, 0.1) is 0 Å². The van der Waals surface area contributed by atoms with E-state index in [0.717, 1.165) is 0 Å². The molecule has 1 aliphatic heterocycles. The van der Waals surface area contributed by atoms with Crippen molar-refractivity contribution in [3.8, 4) is 0 Å². The molecule has 0 saturated carbocycles. The van der Waals surface area contributed by atoms with Crippen LogP contribution in [-0.4, -0.2) is 55.8 Å². The van der Waals surface area contributed by atoms with E-state index in [4.69, 9.17) is 9.84 Å². The molecule has 1 rings (SSSR count). The van der Waals surface area contributed by atoms with Crippen molar-refractivity contribution in [2.45, 2.75) is 39.1 Å². The fourth-order valence-corrected chi connectivity index (χ4v) is 3.09. The van der Waals surface area contributed by atoms with Gasteiger partial charge >= 0.3 is 0 Å². The van der Waals surface area contributed by atoms with Gasteiger partial charge in [0.15, 0.2) is 0 Å². The highest BCUT2D eigenvalue weighted by Gasteiger charge is 2.30. The van der Waals surface area contributed by atoms with Crippen LogP contribution in [0.15, 0.2) is 0 Å². The monoisotopic (exact) mass is 252 g/mol. The molecular formula is C9H20N2O4S. The number of nitrogens with zero attached hydrogens (tertiary/aromatic N) is 1. The van der Waals surface area contributed by atoms with Crippen LogP contribution in [-0.2, 0) is 14.9 Å². The number of ether oxygens (including phenoxy) is 1. The highest BCUT2D eigenvalue weighted by Crippen LogP contribution is 2.13.